The van der Waals surface area contributed by atoms with E-state index in [0.717, 1.165) is 5.56 Å². The number of carboxylic acid groups (broad SMARTS) is 1. The van der Waals surface area contributed by atoms with Gasteiger partial charge < -0.3 is 14.6 Å². The van der Waals surface area contributed by atoms with Gasteiger partial charge in [-0.15, -0.1) is 0 Å². The first-order valence-corrected chi connectivity index (χ1v) is 6.81. The van der Waals surface area contributed by atoms with Gasteiger partial charge in [-0.25, -0.2) is 4.79 Å². The smallest absolute Gasteiger partial charge is 0.335 e. The number of hydrogen-bond donors (Lipinski definition) is 1. The Balaban J connectivity index is 1.69. The van der Waals surface area contributed by atoms with Crippen LogP contribution in [0.25, 0.3) is 0 Å². The number of rotatable bonds is 7. The Morgan fingerprint density at radius 3 is 2.52 bits per heavy atom. The molecule has 0 saturated carbocycles. The summed E-state index contributed by atoms with van der Waals surface area (Å²) < 4.78 is 10.9. The predicted octanol–water partition coefficient (Wildman–Crippen LogP) is 3.63. The van der Waals surface area contributed by atoms with Gasteiger partial charge in [-0.1, -0.05) is 23.7 Å². The highest BCUT2D eigenvalue weighted by Gasteiger charge is 2.02. The molecule has 1 N–H and O–H groups in total. The largest absolute Gasteiger partial charge is 0.491 e. The molecule has 2 aromatic rings. The van der Waals surface area contributed by atoms with Crippen molar-refractivity contribution < 1.29 is 19.4 Å². The van der Waals surface area contributed by atoms with Crippen LogP contribution in [0.15, 0.2) is 48.5 Å². The summed E-state index contributed by atoms with van der Waals surface area (Å²) in [5, 5.41) is 9.47. The normalized spacial score (nSPS) is 10.3. The van der Waals surface area contributed by atoms with E-state index in [-0.39, 0.29) is 5.56 Å². The molecule has 5 heteroatoms. The predicted molar refractivity (Wildman–Crippen MR) is 80.0 cm³/mol. The molecule has 0 amide bonds. The Morgan fingerprint density at radius 1 is 1.10 bits per heavy atom. The summed E-state index contributed by atoms with van der Waals surface area (Å²) in [5.74, 6) is -0.335. The summed E-state index contributed by atoms with van der Waals surface area (Å²) in [6.07, 6.45) is 0. The Bertz CT molecular complexity index is 595. The van der Waals surface area contributed by atoms with Crippen molar-refractivity contribution in [1.29, 1.82) is 0 Å². The van der Waals surface area contributed by atoms with E-state index in [1.54, 1.807) is 12.1 Å². The lowest BCUT2D eigenvalue weighted by molar-refractivity contribution is 0.0696. The molecule has 2 rings (SSSR count). The van der Waals surface area contributed by atoms with Gasteiger partial charge in [0.2, 0.25) is 0 Å². The van der Waals surface area contributed by atoms with Crippen LogP contribution in [-0.4, -0.2) is 24.3 Å². The summed E-state index contributed by atoms with van der Waals surface area (Å²) in [6, 6.07) is 13.7. The second-order valence-electron chi connectivity index (χ2n) is 4.36. The molecule has 0 heterocycles. The van der Waals surface area contributed by atoms with Gasteiger partial charge >= 0.3 is 5.97 Å². The fraction of sp³-hybridized carbons (Fsp3) is 0.188. The third-order valence-corrected chi connectivity index (χ3v) is 2.99. The van der Waals surface area contributed by atoms with Gasteiger partial charge in [-0.05, 0) is 42.0 Å². The van der Waals surface area contributed by atoms with Crippen LogP contribution in [-0.2, 0) is 11.3 Å². The van der Waals surface area contributed by atoms with Crippen molar-refractivity contribution >= 4 is 17.6 Å². The fourth-order valence-electron chi connectivity index (χ4n) is 1.73. The van der Waals surface area contributed by atoms with Crippen molar-refractivity contribution in [2.75, 3.05) is 13.2 Å². The molecule has 0 aliphatic heterocycles. The standard InChI is InChI=1S/C16H15ClO4/c17-14-3-1-2-12(10-14)11-20-8-9-21-15-6-4-13(5-7-15)16(18)19/h1-7,10H,8-9,11H2,(H,18,19). The van der Waals surface area contributed by atoms with E-state index in [0.29, 0.717) is 30.6 Å². The van der Waals surface area contributed by atoms with Crippen molar-refractivity contribution in [2.24, 2.45) is 0 Å². The second kappa shape index (κ2) is 7.67. The summed E-state index contributed by atoms with van der Waals surface area (Å²) in [6.45, 7) is 1.31. The highest BCUT2D eigenvalue weighted by molar-refractivity contribution is 6.30. The van der Waals surface area contributed by atoms with Crippen LogP contribution in [0, 0.1) is 0 Å². The quantitative estimate of drug-likeness (QED) is 0.794. The molecule has 0 unspecified atom stereocenters. The van der Waals surface area contributed by atoms with E-state index in [4.69, 9.17) is 26.2 Å². The van der Waals surface area contributed by atoms with E-state index in [2.05, 4.69) is 0 Å². The fourth-order valence-corrected chi connectivity index (χ4v) is 1.94. The van der Waals surface area contributed by atoms with Gasteiger partial charge in [0.15, 0.2) is 0 Å². The van der Waals surface area contributed by atoms with Gasteiger partial charge in [-0.2, -0.15) is 0 Å². The van der Waals surface area contributed by atoms with Crippen LogP contribution in [0.2, 0.25) is 5.02 Å². The molecule has 0 fully saturated rings. The molecule has 0 aliphatic carbocycles. The monoisotopic (exact) mass is 306 g/mol. The number of carbonyl (C=O) groups is 1. The molecule has 0 saturated heterocycles. The average molecular weight is 307 g/mol. The van der Waals surface area contributed by atoms with Crippen molar-refractivity contribution in [3.63, 3.8) is 0 Å². The Morgan fingerprint density at radius 2 is 1.86 bits per heavy atom. The number of aromatic carboxylic acids is 1. The zero-order chi connectivity index (χ0) is 15.1. The van der Waals surface area contributed by atoms with Gasteiger partial charge in [-0.3, -0.25) is 0 Å². The molecule has 21 heavy (non-hydrogen) atoms. The van der Waals surface area contributed by atoms with Crippen LogP contribution in [0.3, 0.4) is 0 Å². The van der Waals surface area contributed by atoms with Crippen molar-refractivity contribution in [3.8, 4) is 5.75 Å². The number of hydrogen-bond acceptors (Lipinski definition) is 3. The number of benzene rings is 2. The maximum Gasteiger partial charge on any atom is 0.335 e. The first kappa shape index (κ1) is 15.4. The zero-order valence-electron chi connectivity index (χ0n) is 11.3. The van der Waals surface area contributed by atoms with Gasteiger partial charge in [0.1, 0.15) is 12.4 Å². The van der Waals surface area contributed by atoms with Crippen molar-refractivity contribution in [1.82, 2.24) is 0 Å². The van der Waals surface area contributed by atoms with E-state index >= 15 is 0 Å². The lowest BCUT2D eigenvalue weighted by Gasteiger charge is -2.07. The van der Waals surface area contributed by atoms with Crippen LogP contribution >= 0.6 is 11.6 Å². The minimum atomic E-state index is -0.952. The highest BCUT2D eigenvalue weighted by Crippen LogP contribution is 2.13. The minimum Gasteiger partial charge on any atom is -0.491 e. The van der Waals surface area contributed by atoms with E-state index in [9.17, 15) is 4.79 Å². The summed E-state index contributed by atoms with van der Waals surface area (Å²) in [4.78, 5) is 10.7. The summed E-state index contributed by atoms with van der Waals surface area (Å²) in [5.41, 5.74) is 1.24. The molecular weight excluding hydrogens is 292 g/mol. The summed E-state index contributed by atoms with van der Waals surface area (Å²) >= 11 is 5.88. The van der Waals surface area contributed by atoms with Crippen LogP contribution in [0.1, 0.15) is 15.9 Å². The van der Waals surface area contributed by atoms with Crippen molar-refractivity contribution in [2.45, 2.75) is 6.61 Å². The number of carboxylic acids is 1. The zero-order valence-corrected chi connectivity index (χ0v) is 12.0. The highest BCUT2D eigenvalue weighted by atomic mass is 35.5. The second-order valence-corrected chi connectivity index (χ2v) is 4.80. The van der Waals surface area contributed by atoms with Crippen LogP contribution < -0.4 is 4.74 Å². The summed E-state index contributed by atoms with van der Waals surface area (Å²) in [7, 11) is 0. The van der Waals surface area contributed by atoms with Gasteiger partial charge in [0.05, 0.1) is 18.8 Å². The lowest BCUT2D eigenvalue weighted by atomic mass is 10.2. The van der Waals surface area contributed by atoms with E-state index in [1.165, 1.54) is 12.1 Å². The number of ether oxygens (including phenoxy) is 2. The molecule has 0 spiro atoms. The first-order chi connectivity index (χ1) is 10.1. The molecular formula is C16H15ClO4. The molecule has 0 aromatic heterocycles. The van der Waals surface area contributed by atoms with Gasteiger partial charge in [0, 0.05) is 5.02 Å². The SMILES string of the molecule is O=C(O)c1ccc(OCCOCc2cccc(Cl)c2)cc1. The van der Waals surface area contributed by atoms with E-state index < -0.39 is 5.97 Å². The van der Waals surface area contributed by atoms with E-state index in [1.807, 2.05) is 24.3 Å². The maximum atomic E-state index is 10.7. The third kappa shape index (κ3) is 5.10. The lowest BCUT2D eigenvalue weighted by Crippen LogP contribution is -2.07. The Kier molecular flexibility index (Phi) is 5.60. The Labute approximate surface area is 127 Å². The van der Waals surface area contributed by atoms with Gasteiger partial charge in [0.25, 0.3) is 0 Å². The van der Waals surface area contributed by atoms with Crippen LogP contribution in [0.4, 0.5) is 0 Å². The molecule has 2 aromatic carbocycles. The van der Waals surface area contributed by atoms with Crippen LogP contribution in [0.5, 0.6) is 5.75 Å². The molecule has 110 valence electrons. The Hall–Kier alpha value is -2.04. The number of halogens is 1. The average Bonchev–Trinajstić information content (AvgIpc) is 2.47. The van der Waals surface area contributed by atoms with Crippen molar-refractivity contribution in [3.05, 3.63) is 64.7 Å². The molecule has 0 bridgehead atoms. The maximum absolute atomic E-state index is 10.7. The minimum absolute atomic E-state index is 0.236. The first-order valence-electron chi connectivity index (χ1n) is 6.43. The third-order valence-electron chi connectivity index (χ3n) is 2.76. The molecule has 0 radical (unpaired) electrons. The molecule has 0 aliphatic rings. The topological polar surface area (TPSA) is 55.8 Å². The molecule has 0 atom stereocenters. The molecule has 4 nitrogen and oxygen atoms in total.